The van der Waals surface area contributed by atoms with Gasteiger partial charge in [0.15, 0.2) is 0 Å². The number of aryl methyl sites for hydroxylation is 1. The van der Waals surface area contributed by atoms with Crippen LogP contribution in [0, 0.1) is 0 Å². The molecule has 144 valence electrons. The van der Waals surface area contributed by atoms with Crippen molar-refractivity contribution < 1.29 is 9.53 Å². The Morgan fingerprint density at radius 3 is 2.59 bits per heavy atom. The molecule has 1 aliphatic rings. The standard InChI is InChI=1S/C22H29N3O2/c1-18(26)24-21-11-13-25(14-12-21)17-20-9-10-22(23-16-20)27-15-5-8-19-6-3-2-4-7-19/h2-4,6-7,9-10,16,21H,5,8,11-15,17H2,1H3,(H,24,26). The molecular formula is C22H29N3O2. The number of likely N-dealkylation sites (tertiary alicyclic amines) is 1. The van der Waals surface area contributed by atoms with E-state index in [9.17, 15) is 4.79 Å². The molecule has 0 atom stereocenters. The number of carbonyl (C=O) groups is 1. The number of carbonyl (C=O) groups excluding carboxylic acids is 1. The smallest absolute Gasteiger partial charge is 0.217 e. The lowest BCUT2D eigenvalue weighted by Crippen LogP contribution is -2.43. The second kappa shape index (κ2) is 10.1. The Bertz CT molecular complexity index is 695. The van der Waals surface area contributed by atoms with Crippen molar-refractivity contribution >= 4 is 5.91 Å². The van der Waals surface area contributed by atoms with E-state index in [-0.39, 0.29) is 5.91 Å². The van der Waals surface area contributed by atoms with Gasteiger partial charge in [0.25, 0.3) is 0 Å². The number of rotatable bonds is 8. The van der Waals surface area contributed by atoms with Gasteiger partial charge in [0.2, 0.25) is 11.8 Å². The third-order valence-electron chi connectivity index (χ3n) is 4.90. The highest BCUT2D eigenvalue weighted by atomic mass is 16.5. The first-order valence-electron chi connectivity index (χ1n) is 9.80. The summed E-state index contributed by atoms with van der Waals surface area (Å²) in [7, 11) is 0. The van der Waals surface area contributed by atoms with Crippen molar-refractivity contribution in [1.82, 2.24) is 15.2 Å². The average molecular weight is 367 g/mol. The van der Waals surface area contributed by atoms with Crippen molar-refractivity contribution in [3.05, 3.63) is 59.8 Å². The van der Waals surface area contributed by atoms with Crippen molar-refractivity contribution in [2.24, 2.45) is 0 Å². The van der Waals surface area contributed by atoms with Gasteiger partial charge < -0.3 is 10.1 Å². The molecule has 27 heavy (non-hydrogen) atoms. The number of piperidine rings is 1. The van der Waals surface area contributed by atoms with Crippen LogP contribution in [0.5, 0.6) is 5.88 Å². The first kappa shape index (κ1) is 19.4. The Morgan fingerprint density at radius 2 is 1.93 bits per heavy atom. The largest absolute Gasteiger partial charge is 0.478 e. The van der Waals surface area contributed by atoms with E-state index in [2.05, 4.69) is 45.5 Å². The molecular weight excluding hydrogens is 338 g/mol. The summed E-state index contributed by atoms with van der Waals surface area (Å²) in [6.07, 6.45) is 5.93. The highest BCUT2D eigenvalue weighted by Gasteiger charge is 2.19. The predicted octanol–water partition coefficient (Wildman–Crippen LogP) is 3.19. The third-order valence-corrected chi connectivity index (χ3v) is 4.90. The van der Waals surface area contributed by atoms with Gasteiger partial charge in [0, 0.05) is 44.9 Å². The van der Waals surface area contributed by atoms with Crippen LogP contribution >= 0.6 is 0 Å². The number of pyridine rings is 1. The highest BCUT2D eigenvalue weighted by Crippen LogP contribution is 2.15. The van der Waals surface area contributed by atoms with Crippen molar-refractivity contribution in [3.63, 3.8) is 0 Å². The number of aromatic nitrogens is 1. The maximum atomic E-state index is 11.1. The normalized spacial score (nSPS) is 15.4. The van der Waals surface area contributed by atoms with Gasteiger partial charge in [-0.2, -0.15) is 0 Å². The summed E-state index contributed by atoms with van der Waals surface area (Å²) in [4.78, 5) is 18.0. The van der Waals surface area contributed by atoms with Crippen molar-refractivity contribution in [1.29, 1.82) is 0 Å². The first-order valence-corrected chi connectivity index (χ1v) is 9.80. The van der Waals surface area contributed by atoms with Crippen LogP contribution in [0.2, 0.25) is 0 Å². The highest BCUT2D eigenvalue weighted by molar-refractivity contribution is 5.73. The molecule has 1 aromatic carbocycles. The molecule has 1 saturated heterocycles. The number of nitrogens with one attached hydrogen (secondary N) is 1. The van der Waals surface area contributed by atoms with Crippen molar-refractivity contribution in [2.75, 3.05) is 19.7 Å². The Kier molecular flexibility index (Phi) is 7.22. The number of nitrogens with zero attached hydrogens (tertiary/aromatic N) is 2. The quantitative estimate of drug-likeness (QED) is 0.728. The number of benzene rings is 1. The fourth-order valence-electron chi connectivity index (χ4n) is 3.47. The van der Waals surface area contributed by atoms with Crippen LogP contribution in [0.1, 0.15) is 37.3 Å². The summed E-state index contributed by atoms with van der Waals surface area (Å²) >= 11 is 0. The second-order valence-corrected chi connectivity index (χ2v) is 7.19. The molecule has 1 amide bonds. The molecule has 0 radical (unpaired) electrons. The molecule has 5 nitrogen and oxygen atoms in total. The Labute approximate surface area is 161 Å². The molecule has 0 unspecified atom stereocenters. The van der Waals surface area contributed by atoms with Crippen LogP contribution in [0.15, 0.2) is 48.7 Å². The van der Waals surface area contributed by atoms with Gasteiger partial charge in [-0.3, -0.25) is 9.69 Å². The van der Waals surface area contributed by atoms with E-state index < -0.39 is 0 Å². The zero-order valence-corrected chi connectivity index (χ0v) is 16.1. The summed E-state index contributed by atoms with van der Waals surface area (Å²) in [6.45, 7) is 5.17. The summed E-state index contributed by atoms with van der Waals surface area (Å²) < 4.78 is 5.76. The molecule has 0 saturated carbocycles. The van der Waals surface area contributed by atoms with Crippen molar-refractivity contribution in [2.45, 2.75) is 45.2 Å². The van der Waals surface area contributed by atoms with E-state index in [1.807, 2.05) is 18.3 Å². The zero-order valence-electron chi connectivity index (χ0n) is 16.1. The number of hydrogen-bond donors (Lipinski definition) is 1. The first-order chi connectivity index (χ1) is 13.2. The summed E-state index contributed by atoms with van der Waals surface area (Å²) in [6, 6.07) is 14.8. The van der Waals surface area contributed by atoms with Gasteiger partial charge in [-0.25, -0.2) is 4.98 Å². The number of ether oxygens (including phenoxy) is 1. The summed E-state index contributed by atoms with van der Waals surface area (Å²) in [5, 5.41) is 3.01. The lowest BCUT2D eigenvalue weighted by Gasteiger charge is -2.32. The van der Waals surface area contributed by atoms with Gasteiger partial charge in [-0.1, -0.05) is 36.4 Å². The Hall–Kier alpha value is -2.40. The zero-order chi connectivity index (χ0) is 18.9. The number of amides is 1. The van der Waals surface area contributed by atoms with Gasteiger partial charge in [0.05, 0.1) is 6.61 Å². The lowest BCUT2D eigenvalue weighted by molar-refractivity contribution is -0.119. The Morgan fingerprint density at radius 1 is 1.15 bits per heavy atom. The maximum Gasteiger partial charge on any atom is 0.217 e. The van der Waals surface area contributed by atoms with E-state index in [1.165, 1.54) is 11.1 Å². The summed E-state index contributed by atoms with van der Waals surface area (Å²) in [5.74, 6) is 0.758. The molecule has 1 aliphatic heterocycles. The lowest BCUT2D eigenvalue weighted by atomic mass is 10.0. The molecule has 2 heterocycles. The summed E-state index contributed by atoms with van der Waals surface area (Å²) in [5.41, 5.74) is 2.54. The molecule has 1 aromatic heterocycles. The molecule has 0 spiro atoms. The topological polar surface area (TPSA) is 54.5 Å². The van der Waals surface area contributed by atoms with E-state index in [0.29, 0.717) is 18.5 Å². The third kappa shape index (κ3) is 6.68. The van der Waals surface area contributed by atoms with Crippen LogP contribution in [0.4, 0.5) is 0 Å². The van der Waals surface area contributed by atoms with Crippen LogP contribution in [-0.4, -0.2) is 41.5 Å². The van der Waals surface area contributed by atoms with Gasteiger partial charge >= 0.3 is 0 Å². The van der Waals surface area contributed by atoms with Gasteiger partial charge in [-0.05, 0) is 36.8 Å². The van der Waals surface area contributed by atoms with E-state index in [4.69, 9.17) is 4.74 Å². The molecule has 1 N–H and O–H groups in total. The van der Waals surface area contributed by atoms with Crippen LogP contribution in [-0.2, 0) is 17.8 Å². The molecule has 0 bridgehead atoms. The van der Waals surface area contributed by atoms with E-state index in [1.54, 1.807) is 6.92 Å². The maximum absolute atomic E-state index is 11.1. The average Bonchev–Trinajstić information content (AvgIpc) is 2.68. The second-order valence-electron chi connectivity index (χ2n) is 7.19. The van der Waals surface area contributed by atoms with Gasteiger partial charge in [0.1, 0.15) is 0 Å². The Balaban J connectivity index is 1.36. The van der Waals surface area contributed by atoms with Crippen LogP contribution in [0.3, 0.4) is 0 Å². The van der Waals surface area contributed by atoms with E-state index in [0.717, 1.165) is 45.3 Å². The molecule has 5 heteroatoms. The molecule has 2 aromatic rings. The van der Waals surface area contributed by atoms with Crippen LogP contribution < -0.4 is 10.1 Å². The van der Waals surface area contributed by atoms with Crippen LogP contribution in [0.25, 0.3) is 0 Å². The molecule has 1 fully saturated rings. The fourth-order valence-corrected chi connectivity index (χ4v) is 3.47. The van der Waals surface area contributed by atoms with E-state index >= 15 is 0 Å². The van der Waals surface area contributed by atoms with Gasteiger partial charge in [-0.15, -0.1) is 0 Å². The molecule has 3 rings (SSSR count). The number of hydrogen-bond acceptors (Lipinski definition) is 4. The fraction of sp³-hybridized carbons (Fsp3) is 0.455. The minimum Gasteiger partial charge on any atom is -0.478 e. The van der Waals surface area contributed by atoms with Crippen molar-refractivity contribution in [3.8, 4) is 5.88 Å². The SMILES string of the molecule is CC(=O)NC1CCN(Cc2ccc(OCCCc3ccccc3)nc2)CC1. The monoisotopic (exact) mass is 367 g/mol. The minimum absolute atomic E-state index is 0.0667. The minimum atomic E-state index is 0.0667. The predicted molar refractivity (Wildman–Crippen MR) is 107 cm³/mol. The molecule has 0 aliphatic carbocycles.